The zero-order chi connectivity index (χ0) is 13.4. The number of imidazole rings is 1. The number of nitrogens with two attached hydrogens (primary N) is 1. The van der Waals surface area contributed by atoms with Crippen molar-refractivity contribution in [3.8, 4) is 0 Å². The fourth-order valence-electron chi connectivity index (χ4n) is 2.07. The van der Waals surface area contributed by atoms with Gasteiger partial charge >= 0.3 is 5.97 Å². The molecule has 0 radical (unpaired) electrons. The predicted molar refractivity (Wildman–Crippen MR) is 70.4 cm³/mol. The third kappa shape index (κ3) is 1.85. The number of benzene rings is 1. The molecule has 0 unspecified atom stereocenters. The van der Waals surface area contributed by atoms with Gasteiger partial charge in [-0.2, -0.15) is 0 Å². The fraction of sp³-hybridized carbons (Fsp3) is 0.167. The third-order valence-corrected chi connectivity index (χ3v) is 2.87. The number of para-hydroxylation sites is 2. The van der Waals surface area contributed by atoms with Gasteiger partial charge in [0.15, 0.2) is 5.82 Å². The third-order valence-electron chi connectivity index (χ3n) is 2.87. The number of aliphatic imine (C=N–C) groups is 2. The van der Waals surface area contributed by atoms with Gasteiger partial charge in [-0.3, -0.25) is 9.79 Å². The summed E-state index contributed by atoms with van der Waals surface area (Å²) >= 11 is 0. The number of fused-ring (bicyclic) bond motifs is 1. The zero-order valence-corrected chi connectivity index (χ0v) is 9.95. The van der Waals surface area contributed by atoms with E-state index in [1.165, 1.54) is 0 Å². The Morgan fingerprint density at radius 3 is 2.84 bits per heavy atom. The van der Waals surface area contributed by atoms with Crippen molar-refractivity contribution in [3.05, 3.63) is 30.1 Å². The first-order chi connectivity index (χ1) is 9.16. The molecule has 0 atom stereocenters. The van der Waals surface area contributed by atoms with Crippen LogP contribution in [0.3, 0.4) is 0 Å². The van der Waals surface area contributed by atoms with E-state index in [1.54, 1.807) is 4.57 Å². The lowest BCUT2D eigenvalue weighted by molar-refractivity contribution is -0.137. The summed E-state index contributed by atoms with van der Waals surface area (Å²) in [4.78, 5) is 23.6. The zero-order valence-electron chi connectivity index (χ0n) is 9.95. The lowest BCUT2D eigenvalue weighted by Crippen LogP contribution is -2.26. The van der Waals surface area contributed by atoms with Crippen LogP contribution in [-0.4, -0.2) is 38.8 Å². The summed E-state index contributed by atoms with van der Waals surface area (Å²) in [5.41, 5.74) is 7.65. The van der Waals surface area contributed by atoms with Gasteiger partial charge in [0.05, 0.1) is 11.0 Å². The summed E-state index contributed by atoms with van der Waals surface area (Å²) in [6.45, 7) is 0.0690. The lowest BCUT2D eigenvalue weighted by atomic mass is 10.3. The standard InChI is InChI=1S/C12H11N5O2/c13-11-10(14-6-15-11)12-16-7-3-1-2-4-8(7)17(12)5-9(18)19/h1-4H,5-6H2,(H2,13,15)(H,18,19). The minimum absolute atomic E-state index is 0.192. The Bertz CT molecular complexity index is 729. The Labute approximate surface area is 108 Å². The second-order valence-corrected chi connectivity index (χ2v) is 4.10. The van der Waals surface area contributed by atoms with Crippen molar-refractivity contribution in [2.45, 2.75) is 6.54 Å². The normalized spacial score (nSPS) is 14.5. The smallest absolute Gasteiger partial charge is 0.323 e. The molecule has 0 saturated carbocycles. The molecule has 2 heterocycles. The van der Waals surface area contributed by atoms with Gasteiger partial charge in [-0.05, 0) is 12.1 Å². The largest absolute Gasteiger partial charge is 0.480 e. The quantitative estimate of drug-likeness (QED) is 0.821. The van der Waals surface area contributed by atoms with Crippen LogP contribution in [0, 0.1) is 0 Å². The molecule has 0 amide bonds. The molecule has 0 spiro atoms. The van der Waals surface area contributed by atoms with Gasteiger partial charge in [0.25, 0.3) is 0 Å². The Morgan fingerprint density at radius 2 is 2.16 bits per heavy atom. The maximum atomic E-state index is 11.0. The summed E-state index contributed by atoms with van der Waals surface area (Å²) < 4.78 is 1.59. The number of rotatable bonds is 3. The fourth-order valence-corrected chi connectivity index (χ4v) is 2.07. The van der Waals surface area contributed by atoms with Gasteiger partial charge in [-0.1, -0.05) is 12.1 Å². The van der Waals surface area contributed by atoms with Gasteiger partial charge < -0.3 is 15.4 Å². The van der Waals surface area contributed by atoms with Gasteiger partial charge in [-0.25, -0.2) is 9.98 Å². The molecule has 0 saturated heterocycles. The highest BCUT2D eigenvalue weighted by Gasteiger charge is 2.21. The minimum atomic E-state index is -0.946. The van der Waals surface area contributed by atoms with Crippen molar-refractivity contribution in [1.29, 1.82) is 0 Å². The lowest BCUT2D eigenvalue weighted by Gasteiger charge is -2.05. The Kier molecular flexibility index (Phi) is 2.52. The Hall–Kier alpha value is -2.70. The highest BCUT2D eigenvalue weighted by atomic mass is 16.4. The molecule has 0 bridgehead atoms. The number of carboxylic acid groups (broad SMARTS) is 1. The van der Waals surface area contributed by atoms with Gasteiger partial charge in [0.1, 0.15) is 24.8 Å². The molecule has 0 aliphatic carbocycles. The Morgan fingerprint density at radius 1 is 1.37 bits per heavy atom. The van der Waals surface area contributed by atoms with Crippen molar-refractivity contribution in [2.75, 3.05) is 6.67 Å². The van der Waals surface area contributed by atoms with Crippen LogP contribution >= 0.6 is 0 Å². The SMILES string of the molecule is NC1=NCN=C1c1nc2ccccc2n1CC(=O)O. The monoisotopic (exact) mass is 257 g/mol. The summed E-state index contributed by atoms with van der Waals surface area (Å²) in [5, 5.41) is 9.03. The molecule has 0 fully saturated rings. The molecule has 19 heavy (non-hydrogen) atoms. The van der Waals surface area contributed by atoms with E-state index >= 15 is 0 Å². The summed E-state index contributed by atoms with van der Waals surface area (Å²) in [6, 6.07) is 7.32. The number of carbonyl (C=O) groups is 1. The first kappa shape index (κ1) is 11.4. The summed E-state index contributed by atoms with van der Waals surface area (Å²) in [6.07, 6.45) is 0. The van der Waals surface area contributed by atoms with E-state index in [-0.39, 0.29) is 13.2 Å². The van der Waals surface area contributed by atoms with Crippen molar-refractivity contribution < 1.29 is 9.90 Å². The number of amidine groups is 1. The van der Waals surface area contributed by atoms with Crippen LogP contribution in [-0.2, 0) is 11.3 Å². The average Bonchev–Trinajstić information content (AvgIpc) is 2.93. The van der Waals surface area contributed by atoms with E-state index in [0.29, 0.717) is 22.9 Å². The molecule has 1 aliphatic rings. The molecule has 1 aromatic heterocycles. The molecule has 2 aromatic rings. The molecule has 7 heteroatoms. The topological polar surface area (TPSA) is 106 Å². The molecule has 1 aliphatic heterocycles. The highest BCUT2D eigenvalue weighted by Crippen LogP contribution is 2.17. The van der Waals surface area contributed by atoms with E-state index in [9.17, 15) is 4.79 Å². The maximum absolute atomic E-state index is 11.0. The molecular weight excluding hydrogens is 246 g/mol. The molecule has 96 valence electrons. The van der Waals surface area contributed by atoms with Gasteiger partial charge in [-0.15, -0.1) is 0 Å². The van der Waals surface area contributed by atoms with E-state index in [2.05, 4.69) is 15.0 Å². The molecule has 7 nitrogen and oxygen atoms in total. The molecule has 1 aromatic carbocycles. The maximum Gasteiger partial charge on any atom is 0.323 e. The van der Waals surface area contributed by atoms with E-state index in [4.69, 9.17) is 10.8 Å². The van der Waals surface area contributed by atoms with Crippen LogP contribution in [0.1, 0.15) is 5.82 Å². The van der Waals surface area contributed by atoms with E-state index < -0.39 is 5.97 Å². The van der Waals surface area contributed by atoms with Crippen molar-refractivity contribution in [3.63, 3.8) is 0 Å². The van der Waals surface area contributed by atoms with E-state index in [1.807, 2.05) is 24.3 Å². The van der Waals surface area contributed by atoms with Gasteiger partial charge in [0.2, 0.25) is 0 Å². The van der Waals surface area contributed by atoms with Crippen LogP contribution in [0.5, 0.6) is 0 Å². The van der Waals surface area contributed by atoms with Crippen LogP contribution in [0.2, 0.25) is 0 Å². The van der Waals surface area contributed by atoms with Crippen LogP contribution in [0.15, 0.2) is 34.3 Å². The summed E-state index contributed by atoms with van der Waals surface area (Å²) in [5.74, 6) is -0.206. The van der Waals surface area contributed by atoms with Crippen molar-refractivity contribution in [1.82, 2.24) is 9.55 Å². The molecule has 3 N–H and O–H groups in total. The predicted octanol–water partition coefficient (Wildman–Crippen LogP) is 0.238. The number of hydrogen-bond acceptors (Lipinski definition) is 5. The second kappa shape index (κ2) is 4.20. The van der Waals surface area contributed by atoms with Crippen molar-refractivity contribution >= 4 is 28.6 Å². The first-order valence-electron chi connectivity index (χ1n) is 5.69. The number of aromatic nitrogens is 2. The Balaban J connectivity index is 2.23. The molecular formula is C12H11N5O2. The second-order valence-electron chi connectivity index (χ2n) is 4.10. The van der Waals surface area contributed by atoms with Crippen LogP contribution in [0.4, 0.5) is 0 Å². The first-order valence-corrected chi connectivity index (χ1v) is 5.69. The number of nitrogens with zero attached hydrogens (tertiary/aromatic N) is 4. The summed E-state index contributed by atoms with van der Waals surface area (Å²) in [7, 11) is 0. The van der Waals surface area contributed by atoms with E-state index in [0.717, 1.165) is 5.52 Å². The van der Waals surface area contributed by atoms with Crippen molar-refractivity contribution in [2.24, 2.45) is 15.7 Å². The number of hydrogen-bond donors (Lipinski definition) is 2. The minimum Gasteiger partial charge on any atom is -0.480 e. The highest BCUT2D eigenvalue weighted by molar-refractivity contribution is 6.47. The number of carboxylic acids is 1. The van der Waals surface area contributed by atoms with Crippen LogP contribution < -0.4 is 5.73 Å². The average molecular weight is 257 g/mol. The number of aliphatic carboxylic acids is 1. The van der Waals surface area contributed by atoms with Crippen LogP contribution in [0.25, 0.3) is 11.0 Å². The van der Waals surface area contributed by atoms with Gasteiger partial charge in [0, 0.05) is 0 Å². The molecule has 3 rings (SSSR count).